The zero-order valence-electron chi connectivity index (χ0n) is 8.42. The molecule has 0 fully saturated rings. The molecular formula is C11H18O. The molecule has 1 atom stereocenters. The number of carbonyl (C=O) groups is 1. The fraction of sp³-hybridized carbons (Fsp3) is 0.545. The minimum Gasteiger partial charge on any atom is -0.298 e. The van der Waals surface area contributed by atoms with Gasteiger partial charge in [-0.1, -0.05) is 24.6 Å². The van der Waals surface area contributed by atoms with E-state index in [9.17, 15) is 4.79 Å². The lowest BCUT2D eigenvalue weighted by Gasteiger charge is -2.02. The van der Waals surface area contributed by atoms with Crippen LogP contribution in [-0.4, -0.2) is 6.29 Å². The summed E-state index contributed by atoms with van der Waals surface area (Å²) in [6.07, 6.45) is 6.12. The number of hydrogen-bond acceptors (Lipinski definition) is 1. The number of rotatable bonds is 4. The predicted molar refractivity (Wildman–Crippen MR) is 53.0 cm³/mol. The summed E-state index contributed by atoms with van der Waals surface area (Å²) in [4.78, 5) is 10.3. The summed E-state index contributed by atoms with van der Waals surface area (Å²) >= 11 is 0. The van der Waals surface area contributed by atoms with E-state index in [0.29, 0.717) is 5.92 Å². The molecule has 0 aromatic rings. The molecule has 0 rings (SSSR count). The average Bonchev–Trinajstić information content (AvgIpc) is 2.00. The third-order valence-electron chi connectivity index (χ3n) is 1.63. The van der Waals surface area contributed by atoms with Crippen molar-refractivity contribution in [2.75, 3.05) is 0 Å². The van der Waals surface area contributed by atoms with E-state index in [4.69, 9.17) is 0 Å². The van der Waals surface area contributed by atoms with Gasteiger partial charge in [-0.05, 0) is 38.7 Å². The monoisotopic (exact) mass is 166 g/mol. The van der Waals surface area contributed by atoms with Crippen LogP contribution in [0.3, 0.4) is 0 Å². The highest BCUT2D eigenvalue weighted by molar-refractivity contribution is 5.72. The Balaban J connectivity index is 3.97. The highest BCUT2D eigenvalue weighted by Gasteiger charge is 1.95. The Kier molecular flexibility index (Phi) is 5.35. The van der Waals surface area contributed by atoms with Crippen molar-refractivity contribution < 1.29 is 4.79 Å². The highest BCUT2D eigenvalue weighted by Crippen LogP contribution is 2.08. The first-order valence-electron chi connectivity index (χ1n) is 4.33. The van der Waals surface area contributed by atoms with Crippen LogP contribution in [0.1, 0.15) is 34.1 Å². The zero-order chi connectivity index (χ0) is 9.56. The van der Waals surface area contributed by atoms with Crippen molar-refractivity contribution in [1.29, 1.82) is 0 Å². The molecule has 0 aliphatic carbocycles. The van der Waals surface area contributed by atoms with Gasteiger partial charge in [-0.2, -0.15) is 0 Å². The molecule has 0 unspecified atom stereocenters. The quantitative estimate of drug-likeness (QED) is 0.356. The van der Waals surface area contributed by atoms with Gasteiger partial charge in [0, 0.05) is 0 Å². The summed E-state index contributed by atoms with van der Waals surface area (Å²) in [6.45, 7) is 8.13. The molecule has 1 heteroatoms. The van der Waals surface area contributed by atoms with E-state index in [-0.39, 0.29) is 0 Å². The maximum atomic E-state index is 10.3. The summed E-state index contributed by atoms with van der Waals surface area (Å²) in [6, 6.07) is 0. The fourth-order valence-electron chi connectivity index (χ4n) is 0.978. The molecule has 0 bridgehead atoms. The van der Waals surface area contributed by atoms with Crippen molar-refractivity contribution in [1.82, 2.24) is 0 Å². The number of hydrogen-bond donors (Lipinski definition) is 0. The predicted octanol–water partition coefficient (Wildman–Crippen LogP) is 3.12. The molecule has 0 N–H and O–H groups in total. The van der Waals surface area contributed by atoms with Crippen LogP contribution in [0, 0.1) is 5.92 Å². The standard InChI is InChI=1S/C11H18O/c1-9(2)5-6-10(3)7-11(4)8-12/h5,7-8,10H,6H2,1-4H3/b11-7+/t10-/m0/s1. The number of allylic oxidation sites excluding steroid dienone is 4. The van der Waals surface area contributed by atoms with Crippen molar-refractivity contribution in [2.45, 2.75) is 34.1 Å². The molecule has 0 aliphatic rings. The van der Waals surface area contributed by atoms with Gasteiger partial charge < -0.3 is 0 Å². The van der Waals surface area contributed by atoms with Gasteiger partial charge in [-0.25, -0.2) is 0 Å². The van der Waals surface area contributed by atoms with Gasteiger partial charge in [-0.3, -0.25) is 4.79 Å². The third kappa shape index (κ3) is 5.90. The first-order valence-corrected chi connectivity index (χ1v) is 4.33. The molecule has 0 spiro atoms. The van der Waals surface area contributed by atoms with Gasteiger partial charge in [0.25, 0.3) is 0 Å². The van der Waals surface area contributed by atoms with E-state index < -0.39 is 0 Å². The molecule has 0 aliphatic heterocycles. The molecule has 0 heterocycles. The summed E-state index contributed by atoms with van der Waals surface area (Å²) in [5.41, 5.74) is 2.16. The fourth-order valence-corrected chi connectivity index (χ4v) is 0.978. The van der Waals surface area contributed by atoms with Gasteiger partial charge in [0.1, 0.15) is 6.29 Å². The van der Waals surface area contributed by atoms with Crippen LogP contribution >= 0.6 is 0 Å². The van der Waals surface area contributed by atoms with Crippen LogP contribution in [-0.2, 0) is 4.79 Å². The normalized spacial score (nSPS) is 13.8. The topological polar surface area (TPSA) is 17.1 Å². The zero-order valence-corrected chi connectivity index (χ0v) is 8.42. The van der Waals surface area contributed by atoms with Crippen LogP contribution < -0.4 is 0 Å². The number of aldehydes is 1. The SMILES string of the molecule is CC(C)=CC[C@H](C)/C=C(\C)C=O. The van der Waals surface area contributed by atoms with Gasteiger partial charge in [-0.15, -0.1) is 0 Å². The lowest BCUT2D eigenvalue weighted by Crippen LogP contribution is -1.90. The van der Waals surface area contributed by atoms with Crippen molar-refractivity contribution in [3.63, 3.8) is 0 Å². The smallest absolute Gasteiger partial charge is 0.145 e. The molecule has 12 heavy (non-hydrogen) atoms. The maximum Gasteiger partial charge on any atom is 0.145 e. The van der Waals surface area contributed by atoms with Crippen LogP contribution in [0.5, 0.6) is 0 Å². The van der Waals surface area contributed by atoms with Crippen LogP contribution in [0.4, 0.5) is 0 Å². The van der Waals surface area contributed by atoms with E-state index >= 15 is 0 Å². The minimum absolute atomic E-state index is 0.463. The second kappa shape index (κ2) is 5.76. The Morgan fingerprint density at radius 2 is 1.92 bits per heavy atom. The molecule has 0 amide bonds. The van der Waals surface area contributed by atoms with E-state index in [2.05, 4.69) is 26.8 Å². The van der Waals surface area contributed by atoms with Gasteiger partial charge in [0.2, 0.25) is 0 Å². The molecule has 68 valence electrons. The lowest BCUT2D eigenvalue weighted by atomic mass is 10.0. The second-order valence-electron chi connectivity index (χ2n) is 3.52. The van der Waals surface area contributed by atoms with Crippen LogP contribution in [0.15, 0.2) is 23.3 Å². The van der Waals surface area contributed by atoms with Crippen molar-refractivity contribution in [3.05, 3.63) is 23.3 Å². The average molecular weight is 166 g/mol. The Labute approximate surface area is 75.2 Å². The van der Waals surface area contributed by atoms with E-state index in [1.807, 2.05) is 13.0 Å². The van der Waals surface area contributed by atoms with Crippen molar-refractivity contribution in [2.24, 2.45) is 5.92 Å². The van der Waals surface area contributed by atoms with Gasteiger partial charge in [0.15, 0.2) is 0 Å². The Morgan fingerprint density at radius 3 is 2.33 bits per heavy atom. The largest absolute Gasteiger partial charge is 0.298 e. The molecule has 0 saturated heterocycles. The first-order chi connectivity index (χ1) is 5.56. The van der Waals surface area contributed by atoms with Crippen LogP contribution in [0.25, 0.3) is 0 Å². The van der Waals surface area contributed by atoms with E-state index in [0.717, 1.165) is 18.3 Å². The number of carbonyl (C=O) groups excluding carboxylic acids is 1. The molecule has 0 aromatic heterocycles. The Bertz CT molecular complexity index is 195. The van der Waals surface area contributed by atoms with E-state index in [1.54, 1.807) is 0 Å². The third-order valence-corrected chi connectivity index (χ3v) is 1.63. The minimum atomic E-state index is 0.463. The molecule has 0 saturated carbocycles. The molecule has 0 radical (unpaired) electrons. The molecule has 1 nitrogen and oxygen atoms in total. The van der Waals surface area contributed by atoms with Gasteiger partial charge >= 0.3 is 0 Å². The maximum absolute atomic E-state index is 10.3. The van der Waals surface area contributed by atoms with Gasteiger partial charge in [0.05, 0.1) is 0 Å². The highest BCUT2D eigenvalue weighted by atomic mass is 16.1. The Hall–Kier alpha value is -0.850. The van der Waals surface area contributed by atoms with Crippen LogP contribution in [0.2, 0.25) is 0 Å². The molecular weight excluding hydrogens is 148 g/mol. The summed E-state index contributed by atoms with van der Waals surface area (Å²) in [5.74, 6) is 0.463. The van der Waals surface area contributed by atoms with Crippen molar-refractivity contribution >= 4 is 6.29 Å². The van der Waals surface area contributed by atoms with Crippen molar-refractivity contribution in [3.8, 4) is 0 Å². The molecule has 0 aromatic carbocycles. The summed E-state index contributed by atoms with van der Waals surface area (Å²) < 4.78 is 0. The lowest BCUT2D eigenvalue weighted by molar-refractivity contribution is -0.104. The summed E-state index contributed by atoms with van der Waals surface area (Å²) in [7, 11) is 0. The summed E-state index contributed by atoms with van der Waals surface area (Å²) in [5, 5.41) is 0. The van der Waals surface area contributed by atoms with E-state index in [1.165, 1.54) is 5.57 Å². The second-order valence-corrected chi connectivity index (χ2v) is 3.52. The Morgan fingerprint density at radius 1 is 1.33 bits per heavy atom. The first kappa shape index (κ1) is 11.2.